The maximum atomic E-state index is 11.6. The smallest absolute Gasteiger partial charge is 0.175 e. The minimum atomic E-state index is -3.13. The maximum absolute atomic E-state index is 11.6. The van der Waals surface area contributed by atoms with Crippen molar-refractivity contribution in [3.8, 4) is 5.75 Å². The zero-order chi connectivity index (χ0) is 17.4. The number of ether oxygens (including phenoxy) is 1. The van der Waals surface area contributed by atoms with Gasteiger partial charge < -0.3 is 4.74 Å². The van der Waals surface area contributed by atoms with Gasteiger partial charge in [-0.25, -0.2) is 8.42 Å². The normalized spacial score (nSPS) is 20.4. The van der Waals surface area contributed by atoms with Gasteiger partial charge in [-0.3, -0.25) is 4.90 Å². The third-order valence-electron chi connectivity index (χ3n) is 5.21. The van der Waals surface area contributed by atoms with E-state index < -0.39 is 9.84 Å². The van der Waals surface area contributed by atoms with Gasteiger partial charge in [-0.1, -0.05) is 24.3 Å². The number of rotatable bonds is 4. The molecule has 0 aromatic heterocycles. The van der Waals surface area contributed by atoms with Crippen molar-refractivity contribution < 1.29 is 13.2 Å². The van der Waals surface area contributed by atoms with Crippen LogP contribution >= 0.6 is 0 Å². The van der Waals surface area contributed by atoms with Crippen molar-refractivity contribution in [3.63, 3.8) is 0 Å². The summed E-state index contributed by atoms with van der Waals surface area (Å²) in [5.74, 6) is 1.04. The van der Waals surface area contributed by atoms with E-state index in [0.717, 1.165) is 43.9 Å². The van der Waals surface area contributed by atoms with Crippen LogP contribution in [0.15, 0.2) is 47.4 Å². The van der Waals surface area contributed by atoms with E-state index >= 15 is 0 Å². The van der Waals surface area contributed by atoms with Gasteiger partial charge in [0.05, 0.1) is 11.5 Å². The first-order valence-corrected chi connectivity index (χ1v) is 10.7. The zero-order valence-corrected chi connectivity index (χ0v) is 15.3. The molecule has 0 N–H and O–H groups in total. The van der Waals surface area contributed by atoms with Crippen LogP contribution in [0, 0.1) is 0 Å². The largest absolute Gasteiger partial charge is 0.493 e. The van der Waals surface area contributed by atoms with Gasteiger partial charge in [-0.2, -0.15) is 0 Å². The molecular formula is C20H23NO3S. The van der Waals surface area contributed by atoms with Crippen molar-refractivity contribution in [2.24, 2.45) is 0 Å². The Kier molecular flexibility index (Phi) is 4.29. The molecule has 4 nitrogen and oxygen atoms in total. The highest BCUT2D eigenvalue weighted by Crippen LogP contribution is 2.36. The molecular weight excluding hydrogens is 334 g/mol. The number of hydrogen-bond donors (Lipinski definition) is 0. The van der Waals surface area contributed by atoms with E-state index in [1.54, 1.807) is 12.1 Å². The molecule has 2 aliphatic rings. The molecule has 2 aromatic carbocycles. The van der Waals surface area contributed by atoms with Crippen molar-refractivity contribution >= 4 is 9.84 Å². The number of fused-ring (bicyclic) bond motifs is 1. The molecule has 132 valence electrons. The Morgan fingerprint density at radius 1 is 1.16 bits per heavy atom. The van der Waals surface area contributed by atoms with Crippen molar-refractivity contribution in [1.29, 1.82) is 0 Å². The molecule has 0 unspecified atom stereocenters. The highest BCUT2D eigenvalue weighted by Gasteiger charge is 2.27. The van der Waals surface area contributed by atoms with Crippen LogP contribution in [-0.4, -0.2) is 32.7 Å². The SMILES string of the molecule is CS(=O)(=O)c1ccc(CN2CCC[C@H]2c2ccc3c(c2)OCC3)cc1. The van der Waals surface area contributed by atoms with Crippen molar-refractivity contribution in [2.45, 2.75) is 36.7 Å². The lowest BCUT2D eigenvalue weighted by atomic mass is 10.0. The van der Waals surface area contributed by atoms with Gasteiger partial charge in [-0.05, 0) is 54.3 Å². The minimum Gasteiger partial charge on any atom is -0.493 e. The lowest BCUT2D eigenvalue weighted by molar-refractivity contribution is 0.248. The van der Waals surface area contributed by atoms with E-state index in [2.05, 4.69) is 23.1 Å². The highest BCUT2D eigenvalue weighted by atomic mass is 32.2. The van der Waals surface area contributed by atoms with Crippen LogP contribution in [0.5, 0.6) is 5.75 Å². The molecule has 1 fully saturated rings. The molecule has 4 rings (SSSR count). The molecule has 1 atom stereocenters. The predicted molar refractivity (Wildman–Crippen MR) is 97.6 cm³/mol. The molecule has 2 heterocycles. The second-order valence-corrected chi connectivity index (χ2v) is 9.03. The Morgan fingerprint density at radius 2 is 1.96 bits per heavy atom. The van der Waals surface area contributed by atoms with E-state index in [-0.39, 0.29) is 0 Å². The number of sulfone groups is 1. The summed E-state index contributed by atoms with van der Waals surface area (Å²) in [6.07, 6.45) is 4.59. The first-order chi connectivity index (χ1) is 12.0. The quantitative estimate of drug-likeness (QED) is 0.842. The fraction of sp³-hybridized carbons (Fsp3) is 0.400. The summed E-state index contributed by atoms with van der Waals surface area (Å²) in [5, 5.41) is 0. The average Bonchev–Trinajstić information content (AvgIpc) is 3.22. The van der Waals surface area contributed by atoms with Gasteiger partial charge in [0.15, 0.2) is 9.84 Å². The number of hydrogen-bond acceptors (Lipinski definition) is 4. The highest BCUT2D eigenvalue weighted by molar-refractivity contribution is 7.90. The summed E-state index contributed by atoms with van der Waals surface area (Å²) in [7, 11) is -3.13. The van der Waals surface area contributed by atoms with Gasteiger partial charge in [0.25, 0.3) is 0 Å². The average molecular weight is 357 g/mol. The third kappa shape index (κ3) is 3.44. The molecule has 1 saturated heterocycles. The second kappa shape index (κ2) is 6.46. The van der Waals surface area contributed by atoms with Crippen LogP contribution in [-0.2, 0) is 22.8 Å². The lowest BCUT2D eigenvalue weighted by Crippen LogP contribution is -2.22. The van der Waals surface area contributed by atoms with Gasteiger partial charge in [0.1, 0.15) is 5.75 Å². The molecule has 0 saturated carbocycles. The van der Waals surface area contributed by atoms with Crippen molar-refractivity contribution in [3.05, 3.63) is 59.2 Å². The van der Waals surface area contributed by atoms with Gasteiger partial charge >= 0.3 is 0 Å². The summed E-state index contributed by atoms with van der Waals surface area (Å²) in [6, 6.07) is 14.3. The topological polar surface area (TPSA) is 46.6 Å². The molecule has 2 aromatic rings. The molecule has 0 spiro atoms. The van der Waals surface area contributed by atoms with Crippen molar-refractivity contribution in [1.82, 2.24) is 4.90 Å². The van der Waals surface area contributed by atoms with E-state index in [1.165, 1.54) is 23.8 Å². The van der Waals surface area contributed by atoms with Crippen LogP contribution in [0.1, 0.15) is 35.6 Å². The fourth-order valence-corrected chi connectivity index (χ4v) is 4.49. The first kappa shape index (κ1) is 16.6. The summed E-state index contributed by atoms with van der Waals surface area (Å²) >= 11 is 0. The van der Waals surface area contributed by atoms with Crippen LogP contribution in [0.2, 0.25) is 0 Å². The molecule has 5 heteroatoms. The summed E-state index contributed by atoms with van der Waals surface area (Å²) < 4.78 is 28.9. The van der Waals surface area contributed by atoms with E-state index in [1.807, 2.05) is 12.1 Å². The van der Waals surface area contributed by atoms with Crippen LogP contribution in [0.4, 0.5) is 0 Å². The predicted octanol–water partition coefficient (Wildman–Crippen LogP) is 3.36. The molecule has 25 heavy (non-hydrogen) atoms. The van der Waals surface area contributed by atoms with Gasteiger partial charge in [0.2, 0.25) is 0 Å². The summed E-state index contributed by atoms with van der Waals surface area (Å²) in [4.78, 5) is 2.86. The van der Waals surface area contributed by atoms with Crippen molar-refractivity contribution in [2.75, 3.05) is 19.4 Å². The molecule has 0 radical (unpaired) electrons. The summed E-state index contributed by atoms with van der Waals surface area (Å²) in [6.45, 7) is 2.70. The number of likely N-dealkylation sites (tertiary alicyclic amines) is 1. The van der Waals surface area contributed by atoms with Crippen LogP contribution < -0.4 is 4.74 Å². The summed E-state index contributed by atoms with van der Waals surface area (Å²) in [5.41, 5.74) is 3.78. The monoisotopic (exact) mass is 357 g/mol. The Balaban J connectivity index is 1.52. The maximum Gasteiger partial charge on any atom is 0.175 e. The first-order valence-electron chi connectivity index (χ1n) is 8.79. The Bertz CT molecular complexity index is 874. The molecule has 2 aliphatic heterocycles. The molecule has 0 amide bonds. The fourth-order valence-electron chi connectivity index (χ4n) is 3.86. The Morgan fingerprint density at radius 3 is 2.72 bits per heavy atom. The minimum absolute atomic E-state index is 0.380. The number of benzene rings is 2. The van der Waals surface area contributed by atoms with E-state index in [0.29, 0.717) is 10.9 Å². The Labute approximate surface area is 149 Å². The van der Waals surface area contributed by atoms with Gasteiger partial charge in [0, 0.05) is 25.3 Å². The third-order valence-corrected chi connectivity index (χ3v) is 6.33. The van der Waals surface area contributed by atoms with Gasteiger partial charge in [-0.15, -0.1) is 0 Å². The van der Waals surface area contributed by atoms with E-state index in [4.69, 9.17) is 4.74 Å². The van der Waals surface area contributed by atoms with E-state index in [9.17, 15) is 8.42 Å². The number of nitrogens with zero attached hydrogens (tertiary/aromatic N) is 1. The standard InChI is InChI=1S/C20H23NO3S/c1-25(22,23)18-8-4-15(5-9-18)14-21-11-2-3-19(21)17-7-6-16-10-12-24-20(16)13-17/h4-9,13,19H,2-3,10-12,14H2,1H3/t19-/m0/s1. The second-order valence-electron chi connectivity index (χ2n) is 7.01. The zero-order valence-electron chi connectivity index (χ0n) is 14.4. The van der Waals surface area contributed by atoms with Crippen LogP contribution in [0.25, 0.3) is 0 Å². The molecule has 0 bridgehead atoms. The molecule has 0 aliphatic carbocycles. The Hall–Kier alpha value is -1.85. The van der Waals surface area contributed by atoms with Crippen LogP contribution in [0.3, 0.4) is 0 Å². The lowest BCUT2D eigenvalue weighted by Gasteiger charge is -2.25.